The number of carbonyl (C=O) groups is 2. The van der Waals surface area contributed by atoms with Crippen LogP contribution in [0.4, 0.5) is 4.39 Å². The van der Waals surface area contributed by atoms with Gasteiger partial charge in [0.25, 0.3) is 0 Å². The highest BCUT2D eigenvalue weighted by atomic mass is 32.2. The number of nitrogens with one attached hydrogen (secondary N) is 1. The van der Waals surface area contributed by atoms with Crippen LogP contribution in [0, 0.1) is 17.1 Å². The second-order valence-electron chi connectivity index (χ2n) is 5.61. The minimum absolute atomic E-state index is 0.000941. The van der Waals surface area contributed by atoms with Crippen LogP contribution in [-0.2, 0) is 16.0 Å². The number of thiazole rings is 1. The molecule has 132 valence electrons. The van der Waals surface area contributed by atoms with Crippen LogP contribution in [0.5, 0.6) is 0 Å². The maximum absolute atomic E-state index is 14.1. The molecule has 26 heavy (non-hydrogen) atoms. The Hall–Kier alpha value is -2.50. The summed E-state index contributed by atoms with van der Waals surface area (Å²) in [6, 6.07) is 8.19. The molecule has 8 heteroatoms. The molecular weight excluding hydrogens is 373 g/mol. The molecule has 2 aromatic rings. The van der Waals surface area contributed by atoms with Gasteiger partial charge in [0.15, 0.2) is 0 Å². The maximum atomic E-state index is 14.1. The van der Waals surface area contributed by atoms with E-state index < -0.39 is 11.7 Å². The fourth-order valence-electron chi connectivity index (χ4n) is 2.67. The predicted molar refractivity (Wildman–Crippen MR) is 97.8 cm³/mol. The molecule has 1 aromatic carbocycles. The molecule has 1 N–H and O–H groups in total. The lowest BCUT2D eigenvalue weighted by atomic mass is 9.87. The molecule has 0 bridgehead atoms. The number of allylic oxidation sites excluding steroid dienone is 1. The van der Waals surface area contributed by atoms with E-state index in [0.29, 0.717) is 10.6 Å². The Morgan fingerprint density at radius 2 is 2.27 bits per heavy atom. The van der Waals surface area contributed by atoms with Crippen molar-refractivity contribution in [1.29, 1.82) is 5.26 Å². The van der Waals surface area contributed by atoms with Crippen molar-refractivity contribution >= 4 is 34.8 Å². The van der Waals surface area contributed by atoms with E-state index >= 15 is 0 Å². The van der Waals surface area contributed by atoms with Crippen molar-refractivity contribution in [3.05, 3.63) is 62.8 Å². The number of carbonyl (C=O) groups excluding carboxylic acids is 2. The molecule has 0 spiro atoms. The molecule has 0 saturated carbocycles. The van der Waals surface area contributed by atoms with Gasteiger partial charge in [-0.3, -0.25) is 9.59 Å². The van der Waals surface area contributed by atoms with Crippen LogP contribution in [0.15, 0.2) is 46.4 Å². The summed E-state index contributed by atoms with van der Waals surface area (Å²) in [6.45, 7) is 0. The number of rotatable bonds is 6. The first-order valence-corrected chi connectivity index (χ1v) is 9.66. The number of benzene rings is 1. The van der Waals surface area contributed by atoms with Crippen molar-refractivity contribution in [2.24, 2.45) is 0 Å². The third kappa shape index (κ3) is 4.18. The summed E-state index contributed by atoms with van der Waals surface area (Å²) in [4.78, 5) is 28.2. The smallest absolute Gasteiger partial charge is 0.225 e. The number of nitrogens with zero attached hydrogens (tertiary/aromatic N) is 2. The SMILES string of the molecule is N#CC1=C(SCC(=O)Cc2nccs2)NC(=O)CC1c1ccccc1F. The van der Waals surface area contributed by atoms with E-state index in [1.807, 2.05) is 0 Å². The largest absolute Gasteiger partial charge is 0.320 e. The van der Waals surface area contributed by atoms with Gasteiger partial charge in [0.05, 0.1) is 33.9 Å². The number of ketones is 1. The molecule has 5 nitrogen and oxygen atoms in total. The van der Waals surface area contributed by atoms with Gasteiger partial charge in [0, 0.05) is 23.9 Å². The number of nitriles is 1. The summed E-state index contributed by atoms with van der Waals surface area (Å²) in [5.41, 5.74) is 0.591. The highest BCUT2D eigenvalue weighted by molar-refractivity contribution is 8.03. The zero-order chi connectivity index (χ0) is 18.5. The molecule has 1 aliphatic rings. The van der Waals surface area contributed by atoms with Crippen molar-refractivity contribution < 1.29 is 14.0 Å². The predicted octanol–water partition coefficient (Wildman–Crippen LogP) is 3.17. The van der Waals surface area contributed by atoms with Crippen molar-refractivity contribution in [1.82, 2.24) is 10.3 Å². The summed E-state index contributed by atoms with van der Waals surface area (Å²) in [5, 5.41) is 15.0. The molecule has 2 heterocycles. The van der Waals surface area contributed by atoms with Gasteiger partial charge < -0.3 is 5.32 Å². The minimum Gasteiger partial charge on any atom is -0.320 e. The van der Waals surface area contributed by atoms with Gasteiger partial charge in [-0.15, -0.1) is 11.3 Å². The Labute approximate surface area is 157 Å². The van der Waals surface area contributed by atoms with Crippen molar-refractivity contribution in [3.63, 3.8) is 0 Å². The topological polar surface area (TPSA) is 82.8 Å². The Kier molecular flexibility index (Phi) is 5.81. The third-order valence-electron chi connectivity index (χ3n) is 3.85. The Balaban J connectivity index is 1.79. The van der Waals surface area contributed by atoms with Gasteiger partial charge in [0.2, 0.25) is 5.91 Å². The number of amides is 1. The minimum atomic E-state index is -0.647. The van der Waals surface area contributed by atoms with Crippen LogP contribution in [0.3, 0.4) is 0 Å². The van der Waals surface area contributed by atoms with Crippen molar-refractivity contribution in [3.8, 4) is 6.07 Å². The molecule has 1 atom stereocenters. The van der Waals surface area contributed by atoms with Crippen LogP contribution in [0.1, 0.15) is 22.9 Å². The van der Waals surface area contributed by atoms with E-state index in [1.54, 1.807) is 29.8 Å². The average Bonchev–Trinajstić information content (AvgIpc) is 3.13. The molecule has 1 aromatic heterocycles. The molecular formula is C18H14FN3O2S2. The molecule has 0 saturated heterocycles. The summed E-state index contributed by atoms with van der Waals surface area (Å²) in [5.74, 6) is -1.36. The number of Topliss-reactive ketones (excluding diaryl/α,β-unsaturated/α-hetero) is 1. The van der Waals surface area contributed by atoms with E-state index in [4.69, 9.17) is 0 Å². The first-order valence-electron chi connectivity index (χ1n) is 7.80. The number of thioether (sulfide) groups is 1. The Bertz CT molecular complexity index is 903. The zero-order valence-electron chi connectivity index (χ0n) is 13.6. The monoisotopic (exact) mass is 387 g/mol. The number of hydrogen-bond acceptors (Lipinski definition) is 6. The van der Waals surface area contributed by atoms with E-state index in [0.717, 1.165) is 16.8 Å². The molecule has 0 radical (unpaired) electrons. The summed E-state index contributed by atoms with van der Waals surface area (Å²) >= 11 is 2.50. The van der Waals surface area contributed by atoms with E-state index in [2.05, 4.69) is 16.4 Å². The quantitative estimate of drug-likeness (QED) is 0.823. The molecule has 0 fully saturated rings. The standard InChI is InChI=1S/C18H14FN3O2S2/c19-15-4-2-1-3-12(15)13-8-16(24)22-18(14(13)9-20)26-10-11(23)7-17-21-5-6-25-17/h1-6,13H,7-8,10H2,(H,22,24). The summed E-state index contributed by atoms with van der Waals surface area (Å²) in [7, 11) is 0. The maximum Gasteiger partial charge on any atom is 0.225 e. The zero-order valence-corrected chi connectivity index (χ0v) is 15.2. The Morgan fingerprint density at radius 1 is 1.46 bits per heavy atom. The first-order chi connectivity index (χ1) is 12.6. The fraction of sp³-hybridized carbons (Fsp3) is 0.222. The highest BCUT2D eigenvalue weighted by Crippen LogP contribution is 2.36. The highest BCUT2D eigenvalue weighted by Gasteiger charge is 2.31. The first kappa shape index (κ1) is 18.3. The van der Waals surface area contributed by atoms with E-state index in [1.165, 1.54) is 17.4 Å². The number of aromatic nitrogens is 1. The molecule has 1 unspecified atom stereocenters. The summed E-state index contributed by atoms with van der Waals surface area (Å²) in [6.07, 6.45) is 1.85. The number of hydrogen-bond donors (Lipinski definition) is 1. The van der Waals surface area contributed by atoms with E-state index in [9.17, 15) is 19.2 Å². The van der Waals surface area contributed by atoms with Crippen LogP contribution in [0.2, 0.25) is 0 Å². The lowest BCUT2D eigenvalue weighted by molar-refractivity contribution is -0.121. The molecule has 0 aliphatic carbocycles. The lowest BCUT2D eigenvalue weighted by Crippen LogP contribution is -2.31. The van der Waals surface area contributed by atoms with Crippen LogP contribution >= 0.6 is 23.1 Å². The Morgan fingerprint density at radius 3 is 2.96 bits per heavy atom. The van der Waals surface area contributed by atoms with Crippen molar-refractivity contribution in [2.75, 3.05) is 5.75 Å². The molecule has 1 aliphatic heterocycles. The van der Waals surface area contributed by atoms with Crippen LogP contribution in [-0.4, -0.2) is 22.4 Å². The molecule has 1 amide bonds. The van der Waals surface area contributed by atoms with Gasteiger partial charge >= 0.3 is 0 Å². The second kappa shape index (κ2) is 8.25. The van der Waals surface area contributed by atoms with Gasteiger partial charge in [-0.05, 0) is 11.6 Å². The average molecular weight is 387 g/mol. The fourth-order valence-corrected chi connectivity index (χ4v) is 4.25. The van der Waals surface area contributed by atoms with Gasteiger partial charge in [-0.25, -0.2) is 9.37 Å². The second-order valence-corrected chi connectivity index (χ2v) is 7.58. The lowest BCUT2D eigenvalue weighted by Gasteiger charge is -2.25. The third-order valence-corrected chi connectivity index (χ3v) is 5.70. The van der Waals surface area contributed by atoms with Crippen LogP contribution in [0.25, 0.3) is 0 Å². The van der Waals surface area contributed by atoms with Crippen molar-refractivity contribution in [2.45, 2.75) is 18.8 Å². The summed E-state index contributed by atoms with van der Waals surface area (Å²) < 4.78 is 14.1. The van der Waals surface area contributed by atoms with E-state index in [-0.39, 0.29) is 35.9 Å². The normalized spacial score (nSPS) is 16.9. The van der Waals surface area contributed by atoms with Gasteiger partial charge in [-0.1, -0.05) is 30.0 Å². The number of halogens is 1. The van der Waals surface area contributed by atoms with Gasteiger partial charge in [0.1, 0.15) is 11.6 Å². The van der Waals surface area contributed by atoms with Crippen LogP contribution < -0.4 is 5.32 Å². The molecule has 3 rings (SSSR count). The van der Waals surface area contributed by atoms with Gasteiger partial charge in [-0.2, -0.15) is 5.26 Å².